The van der Waals surface area contributed by atoms with E-state index in [1.54, 1.807) is 4.57 Å². The van der Waals surface area contributed by atoms with Crippen molar-refractivity contribution in [2.45, 2.75) is 32.7 Å². The van der Waals surface area contributed by atoms with Gasteiger partial charge in [0.05, 0.1) is 5.69 Å². The third kappa shape index (κ3) is 2.72. The molecule has 0 fully saturated rings. The van der Waals surface area contributed by atoms with E-state index in [9.17, 15) is 9.59 Å². The van der Waals surface area contributed by atoms with Crippen LogP contribution in [0.4, 0.5) is 0 Å². The van der Waals surface area contributed by atoms with E-state index in [1.165, 1.54) is 6.92 Å². The predicted molar refractivity (Wildman–Crippen MR) is 77.4 cm³/mol. The second-order valence-electron chi connectivity index (χ2n) is 5.13. The second-order valence-corrected chi connectivity index (χ2v) is 5.13. The molecule has 0 unspecified atom stereocenters. The van der Waals surface area contributed by atoms with E-state index in [2.05, 4.69) is 4.98 Å². The maximum atomic E-state index is 12.5. The lowest BCUT2D eigenvalue weighted by molar-refractivity contribution is -0.132. The van der Waals surface area contributed by atoms with E-state index in [-0.39, 0.29) is 11.4 Å². The molecule has 5 heteroatoms. The number of rotatable bonds is 3. The summed E-state index contributed by atoms with van der Waals surface area (Å²) in [5.74, 6) is -0.132. The smallest absolute Gasteiger partial charge is 0.309 e. The minimum Gasteiger partial charge on any atom is -0.406 e. The summed E-state index contributed by atoms with van der Waals surface area (Å²) in [5, 5.41) is 0. The summed E-state index contributed by atoms with van der Waals surface area (Å²) in [6.45, 7) is 2.00. The Hall–Kier alpha value is -2.43. The number of benzene rings is 1. The minimum absolute atomic E-state index is 0.0812. The average Bonchev–Trinajstić information content (AvgIpc) is 2.94. The van der Waals surface area contributed by atoms with Crippen molar-refractivity contribution < 1.29 is 9.53 Å². The minimum atomic E-state index is -0.415. The molecule has 2 heterocycles. The zero-order valence-electron chi connectivity index (χ0n) is 11.8. The highest BCUT2D eigenvalue weighted by molar-refractivity contribution is 5.69. The van der Waals surface area contributed by atoms with Crippen molar-refractivity contribution in [3.8, 4) is 5.88 Å². The maximum Gasteiger partial charge on any atom is 0.309 e. The largest absolute Gasteiger partial charge is 0.406 e. The normalized spacial score (nSPS) is 13.0. The molecule has 0 saturated carbocycles. The number of carbonyl (C=O) groups excluding carboxylic acids is 1. The Labute approximate surface area is 122 Å². The van der Waals surface area contributed by atoms with Gasteiger partial charge in [-0.2, -0.15) is 0 Å². The van der Waals surface area contributed by atoms with Crippen LogP contribution < -0.4 is 10.3 Å². The van der Waals surface area contributed by atoms with Crippen molar-refractivity contribution in [3.63, 3.8) is 0 Å². The highest BCUT2D eigenvalue weighted by Crippen LogP contribution is 2.22. The van der Waals surface area contributed by atoms with Gasteiger partial charge in [-0.1, -0.05) is 30.3 Å². The summed E-state index contributed by atoms with van der Waals surface area (Å²) < 4.78 is 6.86. The first-order chi connectivity index (χ1) is 10.1. The predicted octanol–water partition coefficient (Wildman–Crippen LogP) is 1.71. The quantitative estimate of drug-likeness (QED) is 0.805. The molecule has 1 aromatic carbocycles. The van der Waals surface area contributed by atoms with Crippen molar-refractivity contribution in [1.29, 1.82) is 0 Å². The second kappa shape index (κ2) is 5.52. The van der Waals surface area contributed by atoms with Gasteiger partial charge in [-0.05, 0) is 18.4 Å². The van der Waals surface area contributed by atoms with Crippen molar-refractivity contribution >= 4 is 5.97 Å². The zero-order valence-corrected chi connectivity index (χ0v) is 11.8. The standard InChI is InChI=1S/C16H16N2O3/c1-11(19)21-15-14-8-5-9-18(14)16(20)13(17-15)10-12-6-3-2-4-7-12/h2-4,6-7H,5,8-10H2,1H3. The lowest BCUT2D eigenvalue weighted by Gasteiger charge is -2.11. The Morgan fingerprint density at radius 2 is 2.10 bits per heavy atom. The third-order valence-electron chi connectivity index (χ3n) is 3.55. The molecule has 1 aliphatic rings. The van der Waals surface area contributed by atoms with Crippen molar-refractivity contribution in [3.05, 3.63) is 57.6 Å². The van der Waals surface area contributed by atoms with Gasteiger partial charge in [0.25, 0.3) is 5.56 Å². The van der Waals surface area contributed by atoms with Crippen molar-refractivity contribution in [2.24, 2.45) is 0 Å². The number of aromatic nitrogens is 2. The first-order valence-corrected chi connectivity index (χ1v) is 7.00. The molecule has 3 rings (SSSR count). The van der Waals surface area contributed by atoms with Gasteiger partial charge >= 0.3 is 5.97 Å². The molecule has 21 heavy (non-hydrogen) atoms. The van der Waals surface area contributed by atoms with Gasteiger partial charge in [-0.3, -0.25) is 9.59 Å². The molecule has 1 aromatic heterocycles. The van der Waals surface area contributed by atoms with Crippen LogP contribution in [0.2, 0.25) is 0 Å². The fourth-order valence-corrected chi connectivity index (χ4v) is 2.63. The maximum absolute atomic E-state index is 12.5. The Morgan fingerprint density at radius 1 is 1.33 bits per heavy atom. The third-order valence-corrected chi connectivity index (χ3v) is 3.55. The Morgan fingerprint density at radius 3 is 2.81 bits per heavy atom. The number of ether oxygens (including phenoxy) is 1. The van der Waals surface area contributed by atoms with E-state index in [0.717, 1.165) is 24.1 Å². The molecule has 1 aliphatic heterocycles. The molecule has 108 valence electrons. The molecule has 0 spiro atoms. The molecule has 2 aromatic rings. The monoisotopic (exact) mass is 284 g/mol. The van der Waals surface area contributed by atoms with Crippen molar-refractivity contribution in [2.75, 3.05) is 0 Å². The Balaban J connectivity index is 2.04. The summed E-state index contributed by atoms with van der Waals surface area (Å²) >= 11 is 0. The summed E-state index contributed by atoms with van der Waals surface area (Å²) in [4.78, 5) is 28.0. The molecule has 5 nitrogen and oxygen atoms in total. The van der Waals surface area contributed by atoms with Gasteiger partial charge in [0.1, 0.15) is 5.69 Å². The van der Waals surface area contributed by atoms with Crippen LogP contribution in [0.15, 0.2) is 35.1 Å². The summed E-state index contributed by atoms with van der Waals surface area (Å²) in [6, 6.07) is 9.67. The van der Waals surface area contributed by atoms with Gasteiger partial charge in [0, 0.05) is 19.9 Å². The fraction of sp³-hybridized carbons (Fsp3) is 0.312. The summed E-state index contributed by atoms with van der Waals surface area (Å²) in [6.07, 6.45) is 2.03. The highest BCUT2D eigenvalue weighted by atomic mass is 16.5. The van der Waals surface area contributed by atoms with Crippen molar-refractivity contribution in [1.82, 2.24) is 9.55 Å². The number of hydrogen-bond donors (Lipinski definition) is 0. The number of esters is 1. The lowest BCUT2D eigenvalue weighted by atomic mass is 10.1. The fourth-order valence-electron chi connectivity index (χ4n) is 2.63. The first-order valence-electron chi connectivity index (χ1n) is 7.00. The SMILES string of the molecule is CC(=O)Oc1nc(Cc2ccccc2)c(=O)n2c1CCC2. The molecular formula is C16H16N2O3. The molecule has 0 aliphatic carbocycles. The first kappa shape index (κ1) is 13.5. The molecule has 0 atom stereocenters. The topological polar surface area (TPSA) is 61.2 Å². The van der Waals surface area contributed by atoms with Crippen LogP contribution in [-0.2, 0) is 24.2 Å². The number of carbonyl (C=O) groups is 1. The van der Waals surface area contributed by atoms with Crippen LogP contribution in [0.25, 0.3) is 0 Å². The Kier molecular flexibility index (Phi) is 3.56. The van der Waals surface area contributed by atoms with Gasteiger partial charge in [-0.15, -0.1) is 0 Å². The van der Waals surface area contributed by atoms with E-state index in [0.29, 0.717) is 18.7 Å². The van der Waals surface area contributed by atoms with Crippen LogP contribution in [0.1, 0.15) is 30.3 Å². The molecule has 0 bridgehead atoms. The van der Waals surface area contributed by atoms with Crippen LogP contribution in [0.5, 0.6) is 5.88 Å². The van der Waals surface area contributed by atoms with Gasteiger partial charge in [0.2, 0.25) is 5.88 Å². The van der Waals surface area contributed by atoms with Gasteiger partial charge in [-0.25, -0.2) is 4.98 Å². The molecule has 0 saturated heterocycles. The highest BCUT2D eigenvalue weighted by Gasteiger charge is 2.22. The molecule has 0 amide bonds. The van der Waals surface area contributed by atoms with E-state index < -0.39 is 5.97 Å². The number of nitrogens with zero attached hydrogens (tertiary/aromatic N) is 2. The van der Waals surface area contributed by atoms with Crippen LogP contribution in [0, 0.1) is 0 Å². The molecule has 0 radical (unpaired) electrons. The van der Waals surface area contributed by atoms with E-state index in [1.807, 2.05) is 30.3 Å². The van der Waals surface area contributed by atoms with E-state index >= 15 is 0 Å². The summed E-state index contributed by atoms with van der Waals surface area (Å²) in [7, 11) is 0. The summed E-state index contributed by atoms with van der Waals surface area (Å²) in [5.41, 5.74) is 2.08. The van der Waals surface area contributed by atoms with Gasteiger partial charge in [0.15, 0.2) is 0 Å². The van der Waals surface area contributed by atoms with Gasteiger partial charge < -0.3 is 9.30 Å². The lowest BCUT2D eigenvalue weighted by Crippen LogP contribution is -2.26. The average molecular weight is 284 g/mol. The van der Waals surface area contributed by atoms with Crippen LogP contribution in [-0.4, -0.2) is 15.5 Å². The van der Waals surface area contributed by atoms with E-state index in [4.69, 9.17) is 4.74 Å². The Bertz CT molecular complexity index is 735. The number of fused-ring (bicyclic) bond motifs is 1. The molecular weight excluding hydrogens is 268 g/mol. The zero-order chi connectivity index (χ0) is 14.8. The number of hydrogen-bond acceptors (Lipinski definition) is 4. The van der Waals surface area contributed by atoms with Crippen LogP contribution in [0.3, 0.4) is 0 Å². The molecule has 0 N–H and O–H groups in total. The van der Waals surface area contributed by atoms with Crippen LogP contribution >= 0.6 is 0 Å².